The fraction of sp³-hybridized carbons (Fsp3) is 0.333. The molecule has 0 aliphatic heterocycles. The molecule has 0 spiro atoms. The lowest BCUT2D eigenvalue weighted by atomic mass is 10.1. The molecule has 0 atom stereocenters. The number of benzene rings is 2. The first-order valence-corrected chi connectivity index (χ1v) is 7.12. The normalized spacial score (nSPS) is 14.4. The van der Waals surface area contributed by atoms with Crippen molar-refractivity contribution in [3.63, 3.8) is 0 Å². The topological polar surface area (TPSA) is 12.0 Å². The van der Waals surface area contributed by atoms with E-state index in [0.717, 1.165) is 12.5 Å². The van der Waals surface area contributed by atoms with Gasteiger partial charge in [-0.3, -0.25) is 0 Å². The maximum atomic E-state index is 3.51. The summed E-state index contributed by atoms with van der Waals surface area (Å²) in [4.78, 5) is 0. The largest absolute Gasteiger partial charge is 0.381 e. The van der Waals surface area contributed by atoms with E-state index in [-0.39, 0.29) is 0 Å². The summed E-state index contributed by atoms with van der Waals surface area (Å²) in [6.07, 6.45) is 2.75. The summed E-state index contributed by atoms with van der Waals surface area (Å²) in [5.74, 6) is 0.849. The molecule has 1 aliphatic rings. The molecule has 0 aromatic heterocycles. The fourth-order valence-corrected chi connectivity index (χ4v) is 2.61. The zero-order valence-corrected chi connectivity index (χ0v) is 11.7. The van der Waals surface area contributed by atoms with Crippen molar-refractivity contribution in [2.45, 2.75) is 39.2 Å². The quantitative estimate of drug-likeness (QED) is 0.823. The van der Waals surface area contributed by atoms with E-state index in [0.29, 0.717) is 0 Å². The van der Waals surface area contributed by atoms with Gasteiger partial charge in [-0.15, -0.1) is 0 Å². The number of hydrogen-bond acceptors (Lipinski definition) is 1. The van der Waals surface area contributed by atoms with Gasteiger partial charge in [0.05, 0.1) is 0 Å². The molecule has 0 unspecified atom stereocenters. The Hall–Kier alpha value is -1.76. The van der Waals surface area contributed by atoms with Crippen LogP contribution >= 0.6 is 0 Å². The molecule has 1 heteroatoms. The second-order valence-corrected chi connectivity index (χ2v) is 5.75. The van der Waals surface area contributed by atoms with Crippen molar-refractivity contribution in [3.8, 4) is 0 Å². The van der Waals surface area contributed by atoms with Gasteiger partial charge >= 0.3 is 0 Å². The molecule has 0 heterocycles. The number of anilines is 1. The minimum absolute atomic E-state index is 0.849. The predicted molar refractivity (Wildman–Crippen MR) is 81.7 cm³/mol. The Morgan fingerprint density at radius 2 is 1.58 bits per heavy atom. The van der Waals surface area contributed by atoms with E-state index >= 15 is 0 Å². The van der Waals surface area contributed by atoms with Crippen LogP contribution in [0.2, 0.25) is 0 Å². The molecule has 1 nitrogen and oxygen atoms in total. The van der Waals surface area contributed by atoms with Crippen LogP contribution in [-0.2, 0) is 6.54 Å². The second kappa shape index (κ2) is 5.08. The van der Waals surface area contributed by atoms with E-state index in [4.69, 9.17) is 0 Å². The first kappa shape index (κ1) is 12.3. The molecule has 2 aromatic carbocycles. The summed E-state index contributed by atoms with van der Waals surface area (Å²) < 4.78 is 0. The highest BCUT2D eigenvalue weighted by Crippen LogP contribution is 2.39. The Morgan fingerprint density at radius 3 is 2.16 bits per heavy atom. The third kappa shape index (κ3) is 3.17. The SMILES string of the molecule is Cc1cc(C)cc(NCc2ccc(C3CC3)cc2)c1. The number of aryl methyl sites for hydroxylation is 2. The molecule has 19 heavy (non-hydrogen) atoms. The zero-order valence-electron chi connectivity index (χ0n) is 11.7. The van der Waals surface area contributed by atoms with Crippen LogP contribution in [0.5, 0.6) is 0 Å². The van der Waals surface area contributed by atoms with Gasteiger partial charge < -0.3 is 5.32 Å². The van der Waals surface area contributed by atoms with Gasteiger partial charge in [0.25, 0.3) is 0 Å². The molecule has 0 saturated heterocycles. The smallest absolute Gasteiger partial charge is 0.0400 e. The van der Waals surface area contributed by atoms with Crippen LogP contribution in [0.15, 0.2) is 42.5 Å². The molecule has 3 rings (SSSR count). The van der Waals surface area contributed by atoms with Crippen molar-refractivity contribution in [2.75, 3.05) is 5.32 Å². The van der Waals surface area contributed by atoms with Gasteiger partial charge in [0.2, 0.25) is 0 Å². The fourth-order valence-electron chi connectivity index (χ4n) is 2.61. The van der Waals surface area contributed by atoms with Gasteiger partial charge in [-0.2, -0.15) is 0 Å². The highest BCUT2D eigenvalue weighted by atomic mass is 14.9. The zero-order chi connectivity index (χ0) is 13.2. The summed E-state index contributed by atoms with van der Waals surface area (Å²) in [7, 11) is 0. The maximum absolute atomic E-state index is 3.51. The first-order valence-electron chi connectivity index (χ1n) is 7.12. The summed E-state index contributed by atoms with van der Waals surface area (Å²) in [5, 5.41) is 3.51. The van der Waals surface area contributed by atoms with Crippen molar-refractivity contribution >= 4 is 5.69 Å². The Balaban J connectivity index is 1.64. The molecule has 2 aromatic rings. The van der Waals surface area contributed by atoms with Gasteiger partial charge in [-0.25, -0.2) is 0 Å². The average molecular weight is 251 g/mol. The minimum Gasteiger partial charge on any atom is -0.381 e. The van der Waals surface area contributed by atoms with E-state index in [1.54, 1.807) is 0 Å². The van der Waals surface area contributed by atoms with E-state index in [2.05, 4.69) is 61.6 Å². The van der Waals surface area contributed by atoms with E-state index in [1.807, 2.05) is 0 Å². The van der Waals surface area contributed by atoms with Gasteiger partial charge in [0.15, 0.2) is 0 Å². The Morgan fingerprint density at radius 1 is 0.947 bits per heavy atom. The van der Waals surface area contributed by atoms with Crippen LogP contribution in [0.1, 0.15) is 41.0 Å². The minimum atomic E-state index is 0.849. The van der Waals surface area contributed by atoms with Crippen LogP contribution in [0, 0.1) is 13.8 Å². The van der Waals surface area contributed by atoms with E-state index < -0.39 is 0 Å². The van der Waals surface area contributed by atoms with Crippen molar-refractivity contribution in [3.05, 3.63) is 64.7 Å². The molecular weight excluding hydrogens is 230 g/mol. The third-order valence-corrected chi connectivity index (χ3v) is 3.75. The monoisotopic (exact) mass is 251 g/mol. The van der Waals surface area contributed by atoms with E-state index in [9.17, 15) is 0 Å². The van der Waals surface area contributed by atoms with Crippen molar-refractivity contribution < 1.29 is 0 Å². The molecule has 98 valence electrons. The summed E-state index contributed by atoms with van der Waals surface area (Å²) in [6.45, 7) is 5.18. The standard InChI is InChI=1S/C18H21N/c1-13-9-14(2)11-18(10-13)19-12-15-3-5-16(6-4-15)17-7-8-17/h3-6,9-11,17,19H,7-8,12H2,1-2H3. The summed E-state index contributed by atoms with van der Waals surface area (Å²) in [6, 6.07) is 15.7. The number of rotatable bonds is 4. The second-order valence-electron chi connectivity index (χ2n) is 5.75. The lowest BCUT2D eigenvalue weighted by Crippen LogP contribution is -2.00. The third-order valence-electron chi connectivity index (χ3n) is 3.75. The van der Waals surface area contributed by atoms with Gasteiger partial charge in [-0.05, 0) is 67.0 Å². The predicted octanol–water partition coefficient (Wildman–Crippen LogP) is 4.79. The lowest BCUT2D eigenvalue weighted by Gasteiger charge is -2.09. The van der Waals surface area contributed by atoms with Gasteiger partial charge in [-0.1, -0.05) is 30.3 Å². The molecule has 0 amide bonds. The van der Waals surface area contributed by atoms with Crippen LogP contribution in [0.3, 0.4) is 0 Å². The number of hydrogen-bond donors (Lipinski definition) is 1. The van der Waals surface area contributed by atoms with Crippen molar-refractivity contribution in [2.24, 2.45) is 0 Å². The maximum Gasteiger partial charge on any atom is 0.0400 e. The molecule has 0 radical (unpaired) electrons. The van der Waals surface area contributed by atoms with Gasteiger partial charge in [0.1, 0.15) is 0 Å². The van der Waals surface area contributed by atoms with Crippen LogP contribution in [0.4, 0.5) is 5.69 Å². The van der Waals surface area contributed by atoms with E-state index in [1.165, 1.54) is 40.8 Å². The molecule has 1 N–H and O–H groups in total. The van der Waals surface area contributed by atoms with Crippen molar-refractivity contribution in [1.82, 2.24) is 0 Å². The van der Waals surface area contributed by atoms with Crippen molar-refractivity contribution in [1.29, 1.82) is 0 Å². The summed E-state index contributed by atoms with van der Waals surface area (Å²) >= 11 is 0. The molecule has 1 aliphatic carbocycles. The Labute approximate surface area is 115 Å². The Kier molecular flexibility index (Phi) is 3.29. The first-order chi connectivity index (χ1) is 9.20. The molecule has 0 bridgehead atoms. The highest BCUT2D eigenvalue weighted by Gasteiger charge is 2.22. The summed E-state index contributed by atoms with van der Waals surface area (Å²) in [5.41, 5.74) is 6.70. The van der Waals surface area contributed by atoms with Gasteiger partial charge in [0, 0.05) is 12.2 Å². The van der Waals surface area contributed by atoms with Crippen LogP contribution in [-0.4, -0.2) is 0 Å². The molecule has 1 fully saturated rings. The van der Waals surface area contributed by atoms with Crippen LogP contribution in [0.25, 0.3) is 0 Å². The van der Waals surface area contributed by atoms with Crippen LogP contribution < -0.4 is 5.32 Å². The number of nitrogens with one attached hydrogen (secondary N) is 1. The molecule has 1 saturated carbocycles. The highest BCUT2D eigenvalue weighted by molar-refractivity contribution is 5.48. The average Bonchev–Trinajstić information content (AvgIpc) is 3.20. The lowest BCUT2D eigenvalue weighted by molar-refractivity contribution is 1.10. The Bertz CT molecular complexity index is 544. The molecular formula is C18H21N.